The van der Waals surface area contributed by atoms with E-state index in [1.165, 1.54) is 6.92 Å². The van der Waals surface area contributed by atoms with Crippen molar-refractivity contribution in [1.82, 2.24) is 15.0 Å². The van der Waals surface area contributed by atoms with Crippen LogP contribution >= 0.6 is 0 Å². The van der Waals surface area contributed by atoms with Crippen LogP contribution in [-0.4, -0.2) is 65.7 Å². The molecule has 2 atom stereocenters. The second-order valence-electron chi connectivity index (χ2n) is 5.00. The van der Waals surface area contributed by atoms with E-state index in [1.54, 1.807) is 0 Å². The van der Waals surface area contributed by atoms with Crippen molar-refractivity contribution in [2.24, 2.45) is 0 Å². The second kappa shape index (κ2) is 5.57. The van der Waals surface area contributed by atoms with E-state index in [-0.39, 0.29) is 11.8 Å². The Labute approximate surface area is 114 Å². The van der Waals surface area contributed by atoms with Gasteiger partial charge in [0.05, 0.1) is 5.92 Å². The van der Waals surface area contributed by atoms with Crippen molar-refractivity contribution in [3.05, 3.63) is 5.89 Å². The van der Waals surface area contributed by atoms with E-state index >= 15 is 0 Å². The molecule has 1 saturated heterocycles. The van der Waals surface area contributed by atoms with Gasteiger partial charge in [0, 0.05) is 26.2 Å². The van der Waals surface area contributed by atoms with E-state index in [1.807, 2.05) is 11.9 Å². The number of aliphatic hydroxyl groups excluding tert-OH is 1. The van der Waals surface area contributed by atoms with Gasteiger partial charge in [-0.3, -0.25) is 0 Å². The van der Waals surface area contributed by atoms with Gasteiger partial charge < -0.3 is 19.4 Å². The van der Waals surface area contributed by atoms with Crippen LogP contribution in [0.1, 0.15) is 18.7 Å². The van der Waals surface area contributed by atoms with Crippen molar-refractivity contribution in [2.75, 3.05) is 38.1 Å². The quantitative estimate of drug-likeness (QED) is 0.891. The fraction of sp³-hybridized carbons (Fsp3) is 0.818. The first-order valence-electron chi connectivity index (χ1n) is 6.31. The Kier molecular flexibility index (Phi) is 4.19. The highest BCUT2D eigenvalue weighted by Crippen LogP contribution is 2.31. The van der Waals surface area contributed by atoms with Gasteiger partial charge in [-0.2, -0.15) is 18.2 Å². The fourth-order valence-corrected chi connectivity index (χ4v) is 1.97. The third kappa shape index (κ3) is 3.21. The maximum atomic E-state index is 12.4. The number of rotatable bonds is 3. The molecule has 2 rings (SSSR count). The number of likely N-dealkylation sites (N-methyl/N-ethyl adjacent to an activating group) is 1. The monoisotopic (exact) mass is 294 g/mol. The van der Waals surface area contributed by atoms with Crippen LogP contribution < -0.4 is 4.90 Å². The van der Waals surface area contributed by atoms with Crippen molar-refractivity contribution < 1.29 is 22.8 Å². The predicted octanol–water partition coefficient (Wildman–Crippen LogP) is 0.848. The van der Waals surface area contributed by atoms with Gasteiger partial charge in [0.15, 0.2) is 6.10 Å². The summed E-state index contributed by atoms with van der Waals surface area (Å²) in [6.07, 6.45) is -7.22. The Morgan fingerprint density at radius 2 is 1.85 bits per heavy atom. The van der Waals surface area contributed by atoms with Gasteiger partial charge in [-0.25, -0.2) is 0 Å². The van der Waals surface area contributed by atoms with E-state index in [2.05, 4.69) is 15.0 Å². The Bertz CT molecular complexity index is 443. The molecule has 2 unspecified atom stereocenters. The van der Waals surface area contributed by atoms with E-state index in [4.69, 9.17) is 4.52 Å². The van der Waals surface area contributed by atoms with Crippen molar-refractivity contribution >= 4 is 5.95 Å². The summed E-state index contributed by atoms with van der Waals surface area (Å²) in [7, 11) is 1.99. The third-order valence-electron chi connectivity index (χ3n) is 3.42. The maximum absolute atomic E-state index is 12.4. The van der Waals surface area contributed by atoms with Crippen LogP contribution in [0.15, 0.2) is 4.52 Å². The molecule has 20 heavy (non-hydrogen) atoms. The zero-order valence-corrected chi connectivity index (χ0v) is 11.3. The molecule has 1 aliphatic heterocycles. The largest absolute Gasteiger partial charge is 0.415 e. The molecule has 0 amide bonds. The number of hydrogen-bond donors (Lipinski definition) is 1. The first kappa shape index (κ1) is 15.0. The fourth-order valence-electron chi connectivity index (χ4n) is 1.97. The van der Waals surface area contributed by atoms with Gasteiger partial charge in [0.1, 0.15) is 0 Å². The molecule has 0 bridgehead atoms. The van der Waals surface area contributed by atoms with Crippen LogP contribution in [0.2, 0.25) is 0 Å². The van der Waals surface area contributed by atoms with Crippen LogP contribution in [-0.2, 0) is 0 Å². The summed E-state index contributed by atoms with van der Waals surface area (Å²) < 4.78 is 42.1. The number of aliphatic hydroxyl groups is 1. The first-order valence-corrected chi connectivity index (χ1v) is 6.31. The third-order valence-corrected chi connectivity index (χ3v) is 3.42. The zero-order chi connectivity index (χ0) is 14.9. The lowest BCUT2D eigenvalue weighted by Crippen LogP contribution is -2.45. The average molecular weight is 294 g/mol. The molecule has 1 aromatic heterocycles. The SMILES string of the molecule is CC(c1nc(N2CCN(C)CC2)no1)C(O)C(F)(F)F. The minimum absolute atomic E-state index is 0.205. The molecule has 0 radical (unpaired) electrons. The number of hydrogen-bond acceptors (Lipinski definition) is 6. The lowest BCUT2D eigenvalue weighted by atomic mass is 10.1. The molecular weight excluding hydrogens is 277 g/mol. The standard InChI is InChI=1S/C11H17F3N4O2/c1-7(8(19)11(12,13)14)9-15-10(16-20-9)18-5-3-17(2)4-6-18/h7-8,19H,3-6H2,1-2H3. The van der Waals surface area contributed by atoms with E-state index in [0.29, 0.717) is 13.1 Å². The van der Waals surface area contributed by atoms with Gasteiger partial charge in [0.2, 0.25) is 5.89 Å². The average Bonchev–Trinajstić information content (AvgIpc) is 2.86. The van der Waals surface area contributed by atoms with E-state index < -0.39 is 18.2 Å². The molecule has 6 nitrogen and oxygen atoms in total. The summed E-state index contributed by atoms with van der Waals surface area (Å²) in [4.78, 5) is 7.94. The minimum Gasteiger partial charge on any atom is -0.383 e. The number of nitrogens with zero attached hydrogens (tertiary/aromatic N) is 4. The zero-order valence-electron chi connectivity index (χ0n) is 11.3. The van der Waals surface area contributed by atoms with Crippen molar-refractivity contribution in [1.29, 1.82) is 0 Å². The first-order chi connectivity index (χ1) is 9.29. The summed E-state index contributed by atoms with van der Waals surface area (Å²) in [6.45, 7) is 4.23. The minimum atomic E-state index is -4.71. The van der Waals surface area contributed by atoms with Crippen molar-refractivity contribution in [3.63, 3.8) is 0 Å². The molecule has 0 saturated carbocycles. The topological polar surface area (TPSA) is 65.6 Å². The van der Waals surface area contributed by atoms with Gasteiger partial charge in [-0.15, -0.1) is 0 Å². The van der Waals surface area contributed by atoms with Crippen LogP contribution in [0.4, 0.5) is 19.1 Å². The predicted molar refractivity (Wildman–Crippen MR) is 64.5 cm³/mol. The highest BCUT2D eigenvalue weighted by molar-refractivity contribution is 5.29. The number of piperazine rings is 1. The molecule has 1 aliphatic rings. The van der Waals surface area contributed by atoms with Gasteiger partial charge >= 0.3 is 6.18 Å². The molecule has 0 spiro atoms. The Morgan fingerprint density at radius 3 is 2.40 bits per heavy atom. The smallest absolute Gasteiger partial charge is 0.383 e. The summed E-state index contributed by atoms with van der Waals surface area (Å²) in [5, 5.41) is 12.9. The van der Waals surface area contributed by atoms with Crippen LogP contribution in [0.5, 0.6) is 0 Å². The highest BCUT2D eigenvalue weighted by Gasteiger charge is 2.44. The van der Waals surface area contributed by atoms with Crippen LogP contribution in [0.3, 0.4) is 0 Å². The van der Waals surface area contributed by atoms with Gasteiger partial charge in [0.25, 0.3) is 5.95 Å². The van der Waals surface area contributed by atoms with Crippen molar-refractivity contribution in [3.8, 4) is 0 Å². The van der Waals surface area contributed by atoms with E-state index in [0.717, 1.165) is 13.1 Å². The summed E-state index contributed by atoms with van der Waals surface area (Å²) in [6, 6.07) is 0. The molecule has 9 heteroatoms. The number of alkyl halides is 3. The highest BCUT2D eigenvalue weighted by atomic mass is 19.4. The lowest BCUT2D eigenvalue weighted by molar-refractivity contribution is -0.210. The molecule has 2 heterocycles. The molecule has 0 aliphatic carbocycles. The molecule has 0 aromatic carbocycles. The van der Waals surface area contributed by atoms with Gasteiger partial charge in [-0.05, 0) is 12.2 Å². The number of aromatic nitrogens is 2. The summed E-state index contributed by atoms with van der Waals surface area (Å²) >= 11 is 0. The molecule has 1 N–H and O–H groups in total. The van der Waals surface area contributed by atoms with Gasteiger partial charge in [-0.1, -0.05) is 6.92 Å². The Morgan fingerprint density at radius 1 is 1.25 bits per heavy atom. The Hall–Kier alpha value is -1.35. The summed E-state index contributed by atoms with van der Waals surface area (Å²) in [5.74, 6) is -1.22. The van der Waals surface area contributed by atoms with Crippen LogP contribution in [0.25, 0.3) is 0 Å². The van der Waals surface area contributed by atoms with Crippen molar-refractivity contribution in [2.45, 2.75) is 25.1 Å². The second-order valence-corrected chi connectivity index (χ2v) is 5.00. The molecular formula is C11H17F3N4O2. The molecule has 114 valence electrons. The van der Waals surface area contributed by atoms with E-state index in [9.17, 15) is 18.3 Å². The number of anilines is 1. The summed E-state index contributed by atoms with van der Waals surface area (Å²) in [5.41, 5.74) is 0. The number of halogens is 3. The van der Waals surface area contributed by atoms with Crippen LogP contribution in [0, 0.1) is 0 Å². The molecule has 1 fully saturated rings. The molecule has 1 aromatic rings. The normalized spacial score (nSPS) is 21.0. The lowest BCUT2D eigenvalue weighted by Gasteiger charge is -2.31. The maximum Gasteiger partial charge on any atom is 0.415 e. The Balaban J connectivity index is 2.05.